The molecule has 2 aliphatic heterocycles. The monoisotopic (exact) mass is 438 g/mol. The molecular weight excluding hydrogens is 412 g/mol. The predicted molar refractivity (Wildman–Crippen MR) is 118 cm³/mol. The van der Waals surface area contributed by atoms with Crippen LogP contribution in [0.3, 0.4) is 0 Å². The van der Waals surface area contributed by atoms with Crippen molar-refractivity contribution in [3.05, 3.63) is 36.3 Å². The molecule has 5 rings (SSSR count). The number of aryl methyl sites for hydroxylation is 1. The number of ether oxygens (including phenoxy) is 4. The first-order chi connectivity index (χ1) is 15.5. The Labute approximate surface area is 185 Å². The van der Waals surface area contributed by atoms with Crippen LogP contribution in [0.2, 0.25) is 0 Å². The number of anilines is 1. The number of rotatable bonds is 6. The van der Waals surface area contributed by atoms with Gasteiger partial charge in [-0.2, -0.15) is 0 Å². The first-order valence-corrected chi connectivity index (χ1v) is 10.6. The van der Waals surface area contributed by atoms with E-state index in [1.165, 1.54) is 6.92 Å². The highest BCUT2D eigenvalue weighted by molar-refractivity contribution is 5.98. The summed E-state index contributed by atoms with van der Waals surface area (Å²) in [6, 6.07) is 5.75. The zero-order valence-corrected chi connectivity index (χ0v) is 18.4. The smallest absolute Gasteiger partial charge is 0.222 e. The van der Waals surface area contributed by atoms with Crippen LogP contribution >= 0.6 is 0 Å². The SMILES string of the molecule is CO[C@@]1(c2cc(OC3COC3)cc(-c3cn(C)c4cnc(NC(C)=O)cc34)n2)CCOC1. The molecule has 2 saturated heterocycles. The van der Waals surface area contributed by atoms with E-state index in [0.717, 1.165) is 40.0 Å². The van der Waals surface area contributed by atoms with Crippen molar-refractivity contribution < 1.29 is 23.7 Å². The summed E-state index contributed by atoms with van der Waals surface area (Å²) in [5.74, 6) is 1.04. The van der Waals surface area contributed by atoms with E-state index in [1.807, 2.05) is 36.0 Å². The lowest BCUT2D eigenvalue weighted by atomic mass is 9.96. The minimum atomic E-state index is -0.613. The molecule has 9 nitrogen and oxygen atoms in total. The molecule has 168 valence electrons. The molecule has 0 spiro atoms. The summed E-state index contributed by atoms with van der Waals surface area (Å²) in [6.45, 7) is 3.67. The molecule has 0 unspecified atom stereocenters. The van der Waals surface area contributed by atoms with Gasteiger partial charge in [0.2, 0.25) is 5.91 Å². The number of carbonyl (C=O) groups is 1. The van der Waals surface area contributed by atoms with Crippen molar-refractivity contribution in [2.24, 2.45) is 7.05 Å². The second kappa shape index (κ2) is 8.16. The Kier molecular flexibility index (Phi) is 5.32. The minimum Gasteiger partial charge on any atom is -0.485 e. The molecule has 3 aromatic heterocycles. The van der Waals surface area contributed by atoms with Crippen molar-refractivity contribution in [2.75, 3.05) is 38.9 Å². The summed E-state index contributed by atoms with van der Waals surface area (Å²) in [7, 11) is 3.65. The summed E-state index contributed by atoms with van der Waals surface area (Å²) >= 11 is 0. The van der Waals surface area contributed by atoms with Gasteiger partial charge in [-0.1, -0.05) is 0 Å². The second-order valence-corrected chi connectivity index (χ2v) is 8.27. The highest BCUT2D eigenvalue weighted by Crippen LogP contribution is 2.38. The first kappa shape index (κ1) is 20.9. The van der Waals surface area contributed by atoms with Crippen LogP contribution in [0.15, 0.2) is 30.6 Å². The van der Waals surface area contributed by atoms with Crippen LogP contribution in [0, 0.1) is 0 Å². The number of hydrogen-bond donors (Lipinski definition) is 1. The molecule has 0 radical (unpaired) electrons. The Bertz CT molecular complexity index is 1160. The van der Waals surface area contributed by atoms with Crippen molar-refractivity contribution in [1.29, 1.82) is 0 Å². The summed E-state index contributed by atoms with van der Waals surface area (Å²) in [6.07, 6.45) is 4.51. The molecule has 1 amide bonds. The van der Waals surface area contributed by atoms with Gasteiger partial charge in [0.05, 0.1) is 42.9 Å². The maximum absolute atomic E-state index is 11.5. The zero-order chi connectivity index (χ0) is 22.3. The number of nitrogens with one attached hydrogen (secondary N) is 1. The van der Waals surface area contributed by atoms with E-state index in [0.29, 0.717) is 32.2 Å². The van der Waals surface area contributed by atoms with E-state index >= 15 is 0 Å². The second-order valence-electron chi connectivity index (χ2n) is 8.27. The lowest BCUT2D eigenvalue weighted by molar-refractivity contribution is -0.114. The molecule has 9 heteroatoms. The Balaban J connectivity index is 1.64. The number of pyridine rings is 2. The number of nitrogens with zero attached hydrogens (tertiary/aromatic N) is 3. The van der Waals surface area contributed by atoms with Crippen LogP contribution in [-0.4, -0.2) is 60.1 Å². The van der Waals surface area contributed by atoms with Gasteiger partial charge in [0, 0.05) is 63.4 Å². The quantitative estimate of drug-likeness (QED) is 0.632. The molecule has 0 saturated carbocycles. The van der Waals surface area contributed by atoms with Crippen LogP contribution in [0.4, 0.5) is 5.82 Å². The highest BCUT2D eigenvalue weighted by atomic mass is 16.6. The van der Waals surface area contributed by atoms with Crippen molar-refractivity contribution >= 4 is 22.6 Å². The number of hydrogen-bond acceptors (Lipinski definition) is 7. The van der Waals surface area contributed by atoms with E-state index in [1.54, 1.807) is 13.3 Å². The van der Waals surface area contributed by atoms with Gasteiger partial charge in [-0.25, -0.2) is 9.97 Å². The summed E-state index contributed by atoms with van der Waals surface area (Å²) in [4.78, 5) is 20.9. The maximum atomic E-state index is 11.5. The van der Waals surface area contributed by atoms with Gasteiger partial charge < -0.3 is 28.8 Å². The van der Waals surface area contributed by atoms with E-state index in [4.69, 9.17) is 23.9 Å². The fraction of sp³-hybridized carbons (Fsp3) is 0.435. The molecular formula is C23H26N4O5. The van der Waals surface area contributed by atoms with Gasteiger partial charge in [-0.15, -0.1) is 0 Å². The van der Waals surface area contributed by atoms with Crippen molar-refractivity contribution in [1.82, 2.24) is 14.5 Å². The lowest BCUT2D eigenvalue weighted by Gasteiger charge is -2.29. The van der Waals surface area contributed by atoms with Crippen LogP contribution in [0.25, 0.3) is 22.2 Å². The number of amides is 1. The van der Waals surface area contributed by atoms with Crippen LogP contribution in [0.5, 0.6) is 5.75 Å². The van der Waals surface area contributed by atoms with Crippen LogP contribution in [0.1, 0.15) is 19.0 Å². The number of methoxy groups -OCH3 is 1. The highest BCUT2D eigenvalue weighted by Gasteiger charge is 2.39. The normalized spacial score (nSPS) is 21.0. The van der Waals surface area contributed by atoms with E-state index < -0.39 is 5.60 Å². The van der Waals surface area contributed by atoms with Gasteiger partial charge in [0.1, 0.15) is 23.3 Å². The Morgan fingerprint density at radius 3 is 2.78 bits per heavy atom. The molecule has 5 heterocycles. The standard InChI is InChI=1S/C23H26N4O5/c1-14(28)25-22-8-17-18(10-27(2)20(17)9-24-22)19-6-15(32-16-11-31-12-16)7-21(26-19)23(29-3)4-5-30-13-23/h6-10,16H,4-5,11-13H2,1-3H3,(H,24,25,28)/t23-/m0/s1. The van der Waals surface area contributed by atoms with Crippen LogP contribution in [-0.2, 0) is 31.7 Å². The van der Waals surface area contributed by atoms with E-state index in [2.05, 4.69) is 10.3 Å². The van der Waals surface area contributed by atoms with Crippen molar-refractivity contribution in [3.63, 3.8) is 0 Å². The van der Waals surface area contributed by atoms with Gasteiger partial charge in [-0.3, -0.25) is 4.79 Å². The molecule has 0 aromatic carbocycles. The van der Waals surface area contributed by atoms with Crippen molar-refractivity contribution in [2.45, 2.75) is 25.0 Å². The molecule has 2 aliphatic rings. The third kappa shape index (κ3) is 3.72. The van der Waals surface area contributed by atoms with Crippen molar-refractivity contribution in [3.8, 4) is 17.0 Å². The van der Waals surface area contributed by atoms with Gasteiger partial charge in [0.15, 0.2) is 0 Å². The Hall–Kier alpha value is -3.01. The minimum absolute atomic E-state index is 0.0273. The van der Waals surface area contributed by atoms with Gasteiger partial charge >= 0.3 is 0 Å². The third-order valence-electron chi connectivity index (χ3n) is 6.01. The molecule has 1 atom stereocenters. The molecule has 2 fully saturated rings. The van der Waals surface area contributed by atoms with Crippen LogP contribution < -0.4 is 10.1 Å². The van der Waals surface area contributed by atoms with Gasteiger partial charge in [-0.05, 0) is 6.07 Å². The largest absolute Gasteiger partial charge is 0.485 e. The average molecular weight is 438 g/mol. The average Bonchev–Trinajstić information content (AvgIpc) is 3.36. The molecule has 3 aromatic rings. The van der Waals surface area contributed by atoms with E-state index in [-0.39, 0.29) is 12.0 Å². The topological polar surface area (TPSA) is 96.7 Å². The molecule has 0 aliphatic carbocycles. The predicted octanol–water partition coefficient (Wildman–Crippen LogP) is 2.63. The van der Waals surface area contributed by atoms with Gasteiger partial charge in [0.25, 0.3) is 0 Å². The third-order valence-corrected chi connectivity index (χ3v) is 6.01. The Morgan fingerprint density at radius 2 is 2.12 bits per heavy atom. The number of carbonyl (C=O) groups excluding carboxylic acids is 1. The molecule has 1 N–H and O–H groups in total. The fourth-order valence-corrected chi connectivity index (χ4v) is 4.16. The summed E-state index contributed by atoms with van der Waals surface area (Å²) < 4.78 is 25.0. The number of aromatic nitrogens is 3. The molecule has 32 heavy (non-hydrogen) atoms. The Morgan fingerprint density at radius 1 is 1.28 bits per heavy atom. The zero-order valence-electron chi connectivity index (χ0n) is 18.4. The maximum Gasteiger partial charge on any atom is 0.222 e. The fourth-order valence-electron chi connectivity index (χ4n) is 4.16. The summed E-state index contributed by atoms with van der Waals surface area (Å²) in [5, 5.41) is 3.69. The lowest BCUT2D eigenvalue weighted by Crippen LogP contribution is -2.38. The molecule has 0 bridgehead atoms. The first-order valence-electron chi connectivity index (χ1n) is 10.6. The summed E-state index contributed by atoms with van der Waals surface area (Å²) in [5.41, 5.74) is 2.77. The van der Waals surface area contributed by atoms with E-state index in [9.17, 15) is 4.79 Å². The number of fused-ring (bicyclic) bond motifs is 1.